The normalized spacial score (nSPS) is 22.1. The van der Waals surface area contributed by atoms with E-state index in [1.54, 1.807) is 12.5 Å². The van der Waals surface area contributed by atoms with Crippen LogP contribution in [-0.2, 0) is 11.8 Å². The molecule has 2 unspecified atom stereocenters. The van der Waals surface area contributed by atoms with E-state index in [4.69, 9.17) is 16.3 Å². The van der Waals surface area contributed by atoms with Gasteiger partial charge in [-0.3, -0.25) is 9.80 Å². The minimum Gasteiger partial charge on any atom is -0.444 e. The molecule has 0 N–H and O–H groups in total. The Hall–Kier alpha value is -2.22. The van der Waals surface area contributed by atoms with Crippen LogP contribution in [0.2, 0.25) is 5.15 Å². The van der Waals surface area contributed by atoms with Crippen molar-refractivity contribution in [1.82, 2.24) is 14.9 Å². The number of aryl methyl sites for hydroxylation is 1. The fraction of sp³-hybridized carbons (Fsp3) is 0.579. The average molecular weight is 409 g/mol. The molecule has 150 valence electrons. The molecule has 2 aromatic heterocycles. The fourth-order valence-corrected chi connectivity index (χ4v) is 4.35. The van der Waals surface area contributed by atoms with E-state index in [1.165, 1.54) is 0 Å². The lowest BCUT2D eigenvalue weighted by Crippen LogP contribution is -2.58. The molecule has 0 saturated carbocycles. The standard InChI is InChI=1S/C19H24ClFN5O2/c1-19(2,3)28-18(27)26-11-5-6-12(26)9-25(8-11)17-13-7-22-16(20)14(21)15(13)23-10-24(17)4/h7,10-12H,5-6,8-9H2,1-4H3/q+1. The number of piperazine rings is 1. The third kappa shape index (κ3) is 3.23. The quantitative estimate of drug-likeness (QED) is 0.536. The van der Waals surface area contributed by atoms with Crippen molar-refractivity contribution in [2.24, 2.45) is 7.05 Å². The lowest BCUT2D eigenvalue weighted by Gasteiger charge is -2.39. The van der Waals surface area contributed by atoms with E-state index >= 15 is 0 Å². The summed E-state index contributed by atoms with van der Waals surface area (Å²) >= 11 is 5.82. The van der Waals surface area contributed by atoms with E-state index in [-0.39, 0.29) is 28.8 Å². The number of fused-ring (bicyclic) bond motifs is 3. The van der Waals surface area contributed by atoms with E-state index in [2.05, 4.69) is 14.9 Å². The smallest absolute Gasteiger partial charge is 0.411 e. The number of aromatic nitrogens is 3. The zero-order valence-corrected chi connectivity index (χ0v) is 17.2. The topological polar surface area (TPSA) is 62.4 Å². The van der Waals surface area contributed by atoms with Crippen LogP contribution in [0.15, 0.2) is 12.5 Å². The van der Waals surface area contributed by atoms with Crippen LogP contribution >= 0.6 is 11.6 Å². The molecule has 0 spiro atoms. The maximum atomic E-state index is 14.4. The molecule has 2 fully saturated rings. The minimum absolute atomic E-state index is 0.0573. The van der Waals surface area contributed by atoms with Gasteiger partial charge in [-0.1, -0.05) is 11.6 Å². The van der Waals surface area contributed by atoms with Crippen molar-refractivity contribution in [3.8, 4) is 0 Å². The van der Waals surface area contributed by atoms with Gasteiger partial charge in [0, 0.05) is 6.20 Å². The Kier molecular flexibility index (Phi) is 4.56. The number of rotatable bonds is 1. The summed E-state index contributed by atoms with van der Waals surface area (Å²) in [4.78, 5) is 24.9. The molecule has 7 nitrogen and oxygen atoms in total. The maximum absolute atomic E-state index is 14.4. The van der Waals surface area contributed by atoms with Gasteiger partial charge in [0.25, 0.3) is 0 Å². The molecular weight excluding hydrogens is 385 g/mol. The Labute approximate surface area is 168 Å². The molecular formula is C19H24ClFN5O2+. The van der Waals surface area contributed by atoms with Gasteiger partial charge < -0.3 is 4.74 Å². The van der Waals surface area contributed by atoms with E-state index in [1.807, 2.05) is 37.3 Å². The lowest BCUT2D eigenvalue weighted by atomic mass is 10.1. The molecule has 4 rings (SSSR count). The Morgan fingerprint density at radius 3 is 2.54 bits per heavy atom. The number of anilines is 1. The van der Waals surface area contributed by atoms with E-state index < -0.39 is 11.4 Å². The summed E-state index contributed by atoms with van der Waals surface area (Å²) in [7, 11) is 1.87. The second-order valence-electron chi connectivity index (χ2n) is 8.48. The molecule has 0 aliphatic carbocycles. The summed E-state index contributed by atoms with van der Waals surface area (Å²) in [6, 6.07) is 0.115. The zero-order chi connectivity index (χ0) is 20.2. The third-order valence-electron chi connectivity index (χ3n) is 5.27. The predicted molar refractivity (Wildman–Crippen MR) is 103 cm³/mol. The number of hydrogen-bond acceptors (Lipinski definition) is 5. The number of carbonyl (C=O) groups excluding carboxylic acids is 1. The van der Waals surface area contributed by atoms with Gasteiger partial charge in [0.15, 0.2) is 10.7 Å². The van der Waals surface area contributed by atoms with Gasteiger partial charge in [-0.05, 0) is 33.6 Å². The molecule has 2 saturated heterocycles. The molecule has 0 aromatic carbocycles. The summed E-state index contributed by atoms with van der Waals surface area (Å²) in [6.45, 7) is 6.91. The maximum Gasteiger partial charge on any atom is 0.411 e. The molecule has 2 aromatic rings. The number of nitrogens with zero attached hydrogens (tertiary/aromatic N) is 5. The first-order valence-electron chi connectivity index (χ1n) is 9.40. The molecule has 2 bridgehead atoms. The first kappa shape index (κ1) is 19.1. The van der Waals surface area contributed by atoms with Gasteiger partial charge in [0.2, 0.25) is 18.0 Å². The molecule has 2 atom stereocenters. The second kappa shape index (κ2) is 6.69. The van der Waals surface area contributed by atoms with Crippen LogP contribution < -0.4 is 9.47 Å². The number of pyridine rings is 1. The highest BCUT2D eigenvalue weighted by Gasteiger charge is 2.47. The van der Waals surface area contributed by atoms with Gasteiger partial charge in [-0.25, -0.2) is 14.3 Å². The van der Waals surface area contributed by atoms with Crippen LogP contribution in [-0.4, -0.2) is 51.7 Å². The number of halogens is 2. The highest BCUT2D eigenvalue weighted by molar-refractivity contribution is 6.30. The van der Waals surface area contributed by atoms with Crippen molar-refractivity contribution >= 4 is 34.4 Å². The molecule has 0 radical (unpaired) electrons. The number of hydrogen-bond donors (Lipinski definition) is 0. The van der Waals surface area contributed by atoms with Crippen LogP contribution in [0.4, 0.5) is 15.0 Å². The Bertz CT molecular complexity index is 934. The third-order valence-corrected chi connectivity index (χ3v) is 5.54. The molecule has 1 amide bonds. The van der Waals surface area contributed by atoms with Crippen molar-refractivity contribution < 1.29 is 18.5 Å². The highest BCUT2D eigenvalue weighted by Crippen LogP contribution is 2.35. The number of ether oxygens (including phenoxy) is 1. The van der Waals surface area contributed by atoms with Gasteiger partial charge in [-0.2, -0.15) is 4.39 Å². The Morgan fingerprint density at radius 2 is 1.93 bits per heavy atom. The first-order valence-corrected chi connectivity index (χ1v) is 9.78. The van der Waals surface area contributed by atoms with Crippen molar-refractivity contribution in [2.45, 2.75) is 51.3 Å². The largest absolute Gasteiger partial charge is 0.444 e. The van der Waals surface area contributed by atoms with Crippen molar-refractivity contribution in [2.75, 3.05) is 18.0 Å². The summed E-state index contributed by atoms with van der Waals surface area (Å²) in [5, 5.41) is 0.423. The SMILES string of the molecule is C[n+]1cnc2c(F)c(Cl)ncc2c1N1CC2CCC(C1)N2C(=O)OC(C)(C)C. The van der Waals surface area contributed by atoms with Crippen LogP contribution in [0, 0.1) is 5.82 Å². The average Bonchev–Trinajstić information content (AvgIpc) is 2.87. The van der Waals surface area contributed by atoms with E-state index in [0.717, 1.165) is 18.7 Å². The van der Waals surface area contributed by atoms with Gasteiger partial charge >= 0.3 is 6.09 Å². The minimum atomic E-state index is -0.614. The second-order valence-corrected chi connectivity index (χ2v) is 8.84. The van der Waals surface area contributed by atoms with Crippen molar-refractivity contribution in [1.29, 1.82) is 0 Å². The van der Waals surface area contributed by atoms with Crippen LogP contribution in [0.25, 0.3) is 10.9 Å². The summed E-state index contributed by atoms with van der Waals surface area (Å²) in [5.74, 6) is 0.213. The van der Waals surface area contributed by atoms with Gasteiger partial charge in [0.05, 0.1) is 32.2 Å². The predicted octanol–water partition coefficient (Wildman–Crippen LogP) is 2.83. The monoisotopic (exact) mass is 408 g/mol. The Balaban J connectivity index is 1.66. The molecule has 2 aliphatic heterocycles. The molecule has 4 heterocycles. The van der Waals surface area contributed by atoms with Crippen LogP contribution in [0.1, 0.15) is 33.6 Å². The number of amides is 1. The Morgan fingerprint density at radius 1 is 1.29 bits per heavy atom. The highest BCUT2D eigenvalue weighted by atomic mass is 35.5. The zero-order valence-electron chi connectivity index (χ0n) is 16.4. The lowest BCUT2D eigenvalue weighted by molar-refractivity contribution is -0.660. The first-order chi connectivity index (χ1) is 13.2. The summed E-state index contributed by atoms with van der Waals surface area (Å²) < 4.78 is 21.9. The van der Waals surface area contributed by atoms with E-state index in [9.17, 15) is 9.18 Å². The summed E-state index contributed by atoms with van der Waals surface area (Å²) in [6.07, 6.45) is 4.73. The number of carbonyl (C=O) groups is 1. The molecule has 9 heteroatoms. The van der Waals surface area contributed by atoms with Gasteiger partial charge in [0.1, 0.15) is 11.0 Å². The van der Waals surface area contributed by atoms with Crippen LogP contribution in [0.5, 0.6) is 0 Å². The van der Waals surface area contributed by atoms with E-state index in [0.29, 0.717) is 18.5 Å². The summed E-state index contributed by atoms with van der Waals surface area (Å²) in [5.41, 5.74) is -0.320. The van der Waals surface area contributed by atoms with Crippen molar-refractivity contribution in [3.05, 3.63) is 23.5 Å². The van der Waals surface area contributed by atoms with Crippen molar-refractivity contribution in [3.63, 3.8) is 0 Å². The molecule has 2 aliphatic rings. The molecule has 28 heavy (non-hydrogen) atoms. The fourth-order valence-electron chi connectivity index (χ4n) is 4.22. The van der Waals surface area contributed by atoms with Crippen LogP contribution in [0.3, 0.4) is 0 Å². The van der Waals surface area contributed by atoms with Gasteiger partial charge in [-0.15, -0.1) is 4.98 Å².